The fourth-order valence-electron chi connectivity index (χ4n) is 1.73. The van der Waals surface area contributed by atoms with Crippen LogP contribution in [-0.2, 0) is 6.42 Å². The molecule has 94 valence electrons. The molecule has 4 heteroatoms. The van der Waals surface area contributed by atoms with Crippen molar-refractivity contribution in [2.75, 3.05) is 0 Å². The van der Waals surface area contributed by atoms with Crippen molar-refractivity contribution in [2.24, 2.45) is 0 Å². The second-order valence-electron chi connectivity index (χ2n) is 4.01. The average molecular weight is 374 g/mol. The Bertz CT molecular complexity index is 557. The van der Waals surface area contributed by atoms with Crippen molar-refractivity contribution >= 4 is 31.9 Å². The van der Waals surface area contributed by atoms with Gasteiger partial charge in [0, 0.05) is 15.4 Å². The first-order valence-corrected chi connectivity index (χ1v) is 7.02. The molecule has 1 atom stereocenters. The Kier molecular flexibility index (Phi) is 4.54. The van der Waals surface area contributed by atoms with Crippen LogP contribution in [0.2, 0.25) is 0 Å². The van der Waals surface area contributed by atoms with E-state index in [4.69, 9.17) is 0 Å². The number of halogens is 3. The molecule has 0 saturated carbocycles. The van der Waals surface area contributed by atoms with Gasteiger partial charge in [-0.15, -0.1) is 0 Å². The maximum Gasteiger partial charge on any atom is 0.124 e. The molecule has 0 aliphatic rings. The summed E-state index contributed by atoms with van der Waals surface area (Å²) in [6, 6.07) is 12.0. The van der Waals surface area contributed by atoms with Gasteiger partial charge in [-0.05, 0) is 35.4 Å². The van der Waals surface area contributed by atoms with Gasteiger partial charge in [-0.3, -0.25) is 0 Å². The van der Waals surface area contributed by atoms with Crippen LogP contribution in [0.25, 0.3) is 0 Å². The summed E-state index contributed by atoms with van der Waals surface area (Å²) in [4.78, 5) is 0. The average Bonchev–Trinajstić information content (AvgIpc) is 2.32. The molecule has 1 N–H and O–H groups in total. The Labute approximate surface area is 122 Å². The largest absolute Gasteiger partial charge is 0.388 e. The number of aliphatic hydroxyl groups excluding tert-OH is 1. The number of aliphatic hydroxyl groups is 1. The lowest BCUT2D eigenvalue weighted by Crippen LogP contribution is -2.02. The van der Waals surface area contributed by atoms with Gasteiger partial charge in [0.25, 0.3) is 0 Å². The van der Waals surface area contributed by atoms with Gasteiger partial charge in [-0.25, -0.2) is 4.39 Å². The zero-order valence-corrected chi connectivity index (χ0v) is 12.6. The van der Waals surface area contributed by atoms with Crippen LogP contribution in [0.5, 0.6) is 0 Å². The van der Waals surface area contributed by atoms with Crippen LogP contribution >= 0.6 is 31.9 Å². The number of benzene rings is 2. The molecule has 0 radical (unpaired) electrons. The van der Waals surface area contributed by atoms with E-state index < -0.39 is 6.10 Å². The molecule has 1 unspecified atom stereocenters. The van der Waals surface area contributed by atoms with Gasteiger partial charge in [0.15, 0.2) is 0 Å². The SMILES string of the molecule is OC(Cc1ccc(F)cc1Br)c1cccc(Br)c1. The van der Waals surface area contributed by atoms with Crippen molar-refractivity contribution in [1.29, 1.82) is 0 Å². The summed E-state index contributed by atoms with van der Waals surface area (Å²) >= 11 is 6.67. The van der Waals surface area contributed by atoms with Crippen molar-refractivity contribution in [2.45, 2.75) is 12.5 Å². The van der Waals surface area contributed by atoms with Crippen LogP contribution in [0.3, 0.4) is 0 Å². The smallest absolute Gasteiger partial charge is 0.124 e. The lowest BCUT2D eigenvalue weighted by molar-refractivity contribution is 0.178. The molecule has 0 aromatic heterocycles. The molecule has 0 heterocycles. The second-order valence-corrected chi connectivity index (χ2v) is 5.78. The van der Waals surface area contributed by atoms with Gasteiger partial charge in [-0.2, -0.15) is 0 Å². The predicted octanol–water partition coefficient (Wildman–Crippen LogP) is 4.63. The summed E-state index contributed by atoms with van der Waals surface area (Å²) in [6.45, 7) is 0. The van der Waals surface area contributed by atoms with Gasteiger partial charge in [0.05, 0.1) is 6.10 Å². The summed E-state index contributed by atoms with van der Waals surface area (Å²) in [6.07, 6.45) is -0.165. The normalized spacial score (nSPS) is 12.4. The van der Waals surface area contributed by atoms with E-state index in [0.29, 0.717) is 10.9 Å². The zero-order valence-electron chi connectivity index (χ0n) is 9.41. The van der Waals surface area contributed by atoms with Gasteiger partial charge in [0.2, 0.25) is 0 Å². The third kappa shape index (κ3) is 3.40. The minimum absolute atomic E-state index is 0.289. The van der Waals surface area contributed by atoms with Crippen molar-refractivity contribution in [1.82, 2.24) is 0 Å². The number of hydrogen-bond acceptors (Lipinski definition) is 1. The summed E-state index contributed by atoms with van der Waals surface area (Å²) in [5, 5.41) is 10.2. The first-order valence-electron chi connectivity index (χ1n) is 5.44. The molecule has 18 heavy (non-hydrogen) atoms. The monoisotopic (exact) mass is 372 g/mol. The molecule has 1 nitrogen and oxygen atoms in total. The van der Waals surface area contributed by atoms with Crippen molar-refractivity contribution in [3.8, 4) is 0 Å². The summed E-state index contributed by atoms with van der Waals surface area (Å²) in [5.41, 5.74) is 1.71. The van der Waals surface area contributed by atoms with Crippen LogP contribution in [0, 0.1) is 5.82 Å². The Hall–Kier alpha value is -0.710. The van der Waals surface area contributed by atoms with Gasteiger partial charge in [-0.1, -0.05) is 50.1 Å². The minimum Gasteiger partial charge on any atom is -0.388 e. The third-order valence-electron chi connectivity index (χ3n) is 2.66. The molecule has 2 aromatic rings. The van der Waals surface area contributed by atoms with Crippen molar-refractivity contribution in [3.05, 3.63) is 68.4 Å². The van der Waals surface area contributed by atoms with E-state index in [-0.39, 0.29) is 5.82 Å². The van der Waals surface area contributed by atoms with Gasteiger partial charge >= 0.3 is 0 Å². The fraction of sp³-hybridized carbons (Fsp3) is 0.143. The quantitative estimate of drug-likeness (QED) is 0.831. The van der Waals surface area contributed by atoms with E-state index in [1.807, 2.05) is 24.3 Å². The highest BCUT2D eigenvalue weighted by atomic mass is 79.9. The lowest BCUT2D eigenvalue weighted by atomic mass is 10.0. The molecule has 0 bridgehead atoms. The fourth-order valence-corrected chi connectivity index (χ4v) is 2.66. The van der Waals surface area contributed by atoms with Gasteiger partial charge in [0.1, 0.15) is 5.82 Å². The molecule has 0 fully saturated rings. The van der Waals surface area contributed by atoms with E-state index in [1.54, 1.807) is 6.07 Å². The standard InChI is InChI=1S/C14H11Br2FO/c15-11-3-1-2-10(6-11)14(18)7-9-4-5-12(17)8-13(9)16/h1-6,8,14,18H,7H2. The van der Waals surface area contributed by atoms with Crippen molar-refractivity contribution < 1.29 is 9.50 Å². The van der Waals surface area contributed by atoms with Crippen molar-refractivity contribution in [3.63, 3.8) is 0 Å². The second kappa shape index (κ2) is 5.95. The van der Waals surface area contributed by atoms with E-state index in [0.717, 1.165) is 15.6 Å². The topological polar surface area (TPSA) is 20.2 Å². The third-order valence-corrected chi connectivity index (χ3v) is 3.89. The molecule has 0 spiro atoms. The highest BCUT2D eigenvalue weighted by Crippen LogP contribution is 2.26. The Morgan fingerprint density at radius 3 is 2.56 bits per heavy atom. The molecule has 0 aliphatic carbocycles. The highest BCUT2D eigenvalue weighted by Gasteiger charge is 2.11. The van der Waals surface area contributed by atoms with E-state index in [2.05, 4.69) is 31.9 Å². The van der Waals surface area contributed by atoms with Crippen LogP contribution in [0.4, 0.5) is 4.39 Å². The van der Waals surface area contributed by atoms with E-state index in [9.17, 15) is 9.50 Å². The minimum atomic E-state index is -0.607. The Morgan fingerprint density at radius 1 is 1.11 bits per heavy atom. The highest BCUT2D eigenvalue weighted by molar-refractivity contribution is 9.10. The zero-order chi connectivity index (χ0) is 13.1. The molecular weight excluding hydrogens is 363 g/mol. The van der Waals surface area contributed by atoms with Crippen LogP contribution < -0.4 is 0 Å². The number of hydrogen-bond donors (Lipinski definition) is 1. The molecule has 0 saturated heterocycles. The Balaban J connectivity index is 2.18. The summed E-state index contributed by atoms with van der Waals surface area (Å²) in [5.74, 6) is -0.289. The lowest BCUT2D eigenvalue weighted by Gasteiger charge is -2.12. The Morgan fingerprint density at radius 2 is 1.89 bits per heavy atom. The maximum atomic E-state index is 13.0. The van der Waals surface area contributed by atoms with E-state index >= 15 is 0 Å². The predicted molar refractivity (Wildman–Crippen MR) is 76.9 cm³/mol. The maximum absolute atomic E-state index is 13.0. The van der Waals surface area contributed by atoms with Crippen LogP contribution in [-0.4, -0.2) is 5.11 Å². The molecule has 0 amide bonds. The first kappa shape index (κ1) is 13.7. The van der Waals surface area contributed by atoms with Crippen LogP contribution in [0.15, 0.2) is 51.4 Å². The summed E-state index contributed by atoms with van der Waals surface area (Å²) in [7, 11) is 0. The summed E-state index contributed by atoms with van der Waals surface area (Å²) < 4.78 is 14.6. The molecule has 0 aliphatic heterocycles. The van der Waals surface area contributed by atoms with Gasteiger partial charge < -0.3 is 5.11 Å². The van der Waals surface area contributed by atoms with Crippen LogP contribution in [0.1, 0.15) is 17.2 Å². The molecule has 2 aromatic carbocycles. The van der Waals surface area contributed by atoms with E-state index in [1.165, 1.54) is 12.1 Å². The molecule has 2 rings (SSSR count). The molecular formula is C14H11Br2FO. The number of rotatable bonds is 3. The first-order chi connectivity index (χ1) is 8.56.